The summed E-state index contributed by atoms with van der Waals surface area (Å²) in [6.45, 7) is 10.3. The number of thioether (sulfide) groups is 1. The first-order valence-corrected chi connectivity index (χ1v) is 7.89. The third-order valence-corrected chi connectivity index (χ3v) is 5.44. The van der Waals surface area contributed by atoms with E-state index in [9.17, 15) is 0 Å². The molecule has 2 nitrogen and oxygen atoms in total. The van der Waals surface area contributed by atoms with Crippen LogP contribution >= 0.6 is 11.8 Å². The summed E-state index contributed by atoms with van der Waals surface area (Å²) in [5.74, 6) is 2.89. The highest BCUT2D eigenvalue weighted by Gasteiger charge is 2.28. The van der Waals surface area contributed by atoms with E-state index in [0.29, 0.717) is 11.5 Å². The van der Waals surface area contributed by atoms with Crippen molar-refractivity contribution in [1.82, 2.24) is 5.32 Å². The third kappa shape index (κ3) is 3.64. The second-order valence-corrected chi connectivity index (χ2v) is 7.68. The molecular formula is C14H26N2S. The number of amidine groups is 1. The Morgan fingerprint density at radius 1 is 1.29 bits per heavy atom. The molecule has 1 fully saturated rings. The van der Waals surface area contributed by atoms with Gasteiger partial charge in [-0.05, 0) is 36.5 Å². The maximum atomic E-state index is 4.70. The van der Waals surface area contributed by atoms with Crippen molar-refractivity contribution in [2.24, 2.45) is 22.2 Å². The molecule has 0 spiro atoms. The molecule has 1 aliphatic heterocycles. The summed E-state index contributed by atoms with van der Waals surface area (Å²) in [4.78, 5) is 4.70. The fourth-order valence-electron chi connectivity index (χ4n) is 2.77. The van der Waals surface area contributed by atoms with Crippen molar-refractivity contribution < 1.29 is 0 Å². The molecule has 1 N–H and O–H groups in total. The molecular weight excluding hydrogens is 228 g/mol. The molecule has 1 heterocycles. The molecule has 0 aromatic carbocycles. The predicted molar refractivity (Wildman–Crippen MR) is 77.6 cm³/mol. The van der Waals surface area contributed by atoms with Gasteiger partial charge in [-0.1, -0.05) is 39.5 Å². The van der Waals surface area contributed by atoms with Crippen LogP contribution in [0.15, 0.2) is 4.99 Å². The van der Waals surface area contributed by atoms with Crippen LogP contribution in [0.5, 0.6) is 0 Å². The van der Waals surface area contributed by atoms with Gasteiger partial charge in [-0.3, -0.25) is 4.99 Å². The maximum Gasteiger partial charge on any atom is 0.156 e. The van der Waals surface area contributed by atoms with E-state index in [-0.39, 0.29) is 0 Å². The number of hydrogen-bond acceptors (Lipinski definition) is 3. The lowest BCUT2D eigenvalue weighted by Gasteiger charge is -2.35. The van der Waals surface area contributed by atoms with Crippen LogP contribution < -0.4 is 5.32 Å². The molecule has 3 heteroatoms. The minimum Gasteiger partial charge on any atom is -0.362 e. The van der Waals surface area contributed by atoms with E-state index in [1.807, 2.05) is 11.8 Å². The van der Waals surface area contributed by atoms with Crippen molar-refractivity contribution in [3.63, 3.8) is 0 Å². The van der Waals surface area contributed by atoms with Crippen LogP contribution in [0.1, 0.15) is 47.0 Å². The topological polar surface area (TPSA) is 24.4 Å². The Hall–Kier alpha value is -0.180. The first kappa shape index (κ1) is 13.3. The number of rotatable bonds is 1. The first-order valence-electron chi connectivity index (χ1n) is 6.90. The Morgan fingerprint density at radius 2 is 2.06 bits per heavy atom. The monoisotopic (exact) mass is 254 g/mol. The molecule has 0 radical (unpaired) electrons. The molecule has 3 atom stereocenters. The van der Waals surface area contributed by atoms with E-state index in [0.717, 1.165) is 18.4 Å². The van der Waals surface area contributed by atoms with Gasteiger partial charge in [0.05, 0.1) is 0 Å². The predicted octanol–water partition coefficient (Wildman–Crippen LogP) is 3.53. The molecule has 0 bridgehead atoms. The van der Waals surface area contributed by atoms with Crippen LogP contribution in [-0.2, 0) is 0 Å². The lowest BCUT2D eigenvalue weighted by molar-refractivity contribution is 0.248. The molecule has 0 saturated heterocycles. The molecule has 3 unspecified atom stereocenters. The summed E-state index contributed by atoms with van der Waals surface area (Å²) < 4.78 is 0. The summed E-state index contributed by atoms with van der Waals surface area (Å²) >= 11 is 1.91. The summed E-state index contributed by atoms with van der Waals surface area (Å²) in [6, 6.07) is 0.652. The number of nitrogens with one attached hydrogen (secondary N) is 1. The summed E-state index contributed by atoms with van der Waals surface area (Å²) in [6.07, 6.45) is 4.04. The van der Waals surface area contributed by atoms with E-state index in [2.05, 4.69) is 33.0 Å². The van der Waals surface area contributed by atoms with Crippen LogP contribution in [0.2, 0.25) is 0 Å². The molecule has 0 aromatic rings. The Labute approximate surface area is 110 Å². The van der Waals surface area contributed by atoms with Crippen molar-refractivity contribution >= 4 is 16.9 Å². The fraction of sp³-hybridized carbons (Fsp3) is 0.929. The minimum atomic E-state index is 0.378. The summed E-state index contributed by atoms with van der Waals surface area (Å²) in [5.41, 5.74) is 0.378. The van der Waals surface area contributed by atoms with Crippen molar-refractivity contribution in [3.05, 3.63) is 0 Å². The van der Waals surface area contributed by atoms with Gasteiger partial charge in [0.2, 0.25) is 0 Å². The van der Waals surface area contributed by atoms with Gasteiger partial charge in [-0.25, -0.2) is 0 Å². The standard InChI is InChI=1S/C14H26N2S/c1-10-5-6-12(11(2)7-10)16-13-15-8-14(3,4)9-17-13/h10-12H,5-9H2,1-4H3,(H,15,16). The summed E-state index contributed by atoms with van der Waals surface area (Å²) in [7, 11) is 0. The van der Waals surface area contributed by atoms with Crippen LogP contribution in [0.3, 0.4) is 0 Å². The van der Waals surface area contributed by atoms with Crippen molar-refractivity contribution in [2.75, 3.05) is 12.3 Å². The van der Waals surface area contributed by atoms with Crippen molar-refractivity contribution in [1.29, 1.82) is 0 Å². The SMILES string of the molecule is CC1CCC(NC2=NCC(C)(C)CS2)C(C)C1. The van der Waals surface area contributed by atoms with Gasteiger partial charge >= 0.3 is 0 Å². The molecule has 1 saturated carbocycles. The highest BCUT2D eigenvalue weighted by Crippen LogP contribution is 2.31. The van der Waals surface area contributed by atoms with Crippen LogP contribution in [0.25, 0.3) is 0 Å². The molecule has 1 aliphatic carbocycles. The van der Waals surface area contributed by atoms with Crippen LogP contribution in [-0.4, -0.2) is 23.5 Å². The van der Waals surface area contributed by atoms with Gasteiger partial charge in [0.1, 0.15) is 0 Å². The largest absolute Gasteiger partial charge is 0.362 e. The quantitative estimate of drug-likeness (QED) is 0.774. The highest BCUT2D eigenvalue weighted by atomic mass is 32.2. The normalized spacial score (nSPS) is 37.4. The Bertz CT molecular complexity index is 299. The molecule has 2 rings (SSSR count). The minimum absolute atomic E-state index is 0.378. The molecule has 0 aromatic heterocycles. The van der Waals surface area contributed by atoms with E-state index >= 15 is 0 Å². The molecule has 98 valence electrons. The Balaban J connectivity index is 1.87. The van der Waals surface area contributed by atoms with Crippen molar-refractivity contribution in [3.8, 4) is 0 Å². The van der Waals surface area contributed by atoms with Gasteiger partial charge in [0.15, 0.2) is 5.17 Å². The lowest BCUT2D eigenvalue weighted by atomic mass is 9.80. The molecule has 2 aliphatic rings. The Morgan fingerprint density at radius 3 is 2.65 bits per heavy atom. The second kappa shape index (κ2) is 5.21. The van der Waals surface area contributed by atoms with Gasteiger partial charge in [0, 0.05) is 18.3 Å². The molecule has 17 heavy (non-hydrogen) atoms. The summed E-state index contributed by atoms with van der Waals surface area (Å²) in [5, 5.41) is 4.87. The fourth-order valence-corrected chi connectivity index (χ4v) is 3.78. The van der Waals surface area contributed by atoms with Gasteiger partial charge < -0.3 is 5.32 Å². The van der Waals surface area contributed by atoms with Crippen molar-refractivity contribution in [2.45, 2.75) is 53.0 Å². The number of hydrogen-bond donors (Lipinski definition) is 1. The number of aliphatic imine (C=N–C) groups is 1. The molecule has 0 amide bonds. The zero-order valence-corrected chi connectivity index (χ0v) is 12.4. The zero-order chi connectivity index (χ0) is 12.5. The van der Waals surface area contributed by atoms with E-state index < -0.39 is 0 Å². The average Bonchev–Trinajstić information content (AvgIpc) is 2.25. The third-order valence-electron chi connectivity index (χ3n) is 3.99. The van der Waals surface area contributed by atoms with E-state index in [1.165, 1.54) is 30.2 Å². The highest BCUT2D eigenvalue weighted by molar-refractivity contribution is 8.13. The van der Waals surface area contributed by atoms with E-state index in [4.69, 9.17) is 4.99 Å². The first-order chi connectivity index (χ1) is 7.96. The Kier molecular flexibility index (Phi) is 4.06. The second-order valence-electron chi connectivity index (χ2n) is 6.72. The number of nitrogens with zero attached hydrogens (tertiary/aromatic N) is 1. The smallest absolute Gasteiger partial charge is 0.156 e. The van der Waals surface area contributed by atoms with Gasteiger partial charge in [-0.2, -0.15) is 0 Å². The van der Waals surface area contributed by atoms with Crippen LogP contribution in [0.4, 0.5) is 0 Å². The average molecular weight is 254 g/mol. The van der Waals surface area contributed by atoms with E-state index in [1.54, 1.807) is 0 Å². The van der Waals surface area contributed by atoms with Gasteiger partial charge in [0.25, 0.3) is 0 Å². The van der Waals surface area contributed by atoms with Gasteiger partial charge in [-0.15, -0.1) is 0 Å². The lowest BCUT2D eigenvalue weighted by Crippen LogP contribution is -2.43. The maximum absolute atomic E-state index is 4.70. The van der Waals surface area contributed by atoms with Crippen LogP contribution in [0, 0.1) is 17.3 Å². The zero-order valence-electron chi connectivity index (χ0n) is 11.6.